The van der Waals surface area contributed by atoms with Crippen molar-refractivity contribution in [1.29, 1.82) is 0 Å². The number of benzene rings is 1. The van der Waals surface area contributed by atoms with E-state index in [2.05, 4.69) is 5.10 Å². The van der Waals surface area contributed by atoms with Crippen LogP contribution in [0.3, 0.4) is 0 Å². The lowest BCUT2D eigenvalue weighted by atomic mass is 10.0. The minimum atomic E-state index is -3.67. The molecular weight excluding hydrogens is 288 g/mol. The van der Waals surface area contributed by atoms with E-state index in [0.717, 1.165) is 29.7 Å². The maximum absolute atomic E-state index is 12.9. The van der Waals surface area contributed by atoms with Crippen LogP contribution in [0.15, 0.2) is 29.3 Å². The highest BCUT2D eigenvalue weighted by atomic mass is 32.2. The molecule has 0 saturated carbocycles. The van der Waals surface area contributed by atoms with Crippen LogP contribution in [0, 0.1) is 6.92 Å². The Morgan fingerprint density at radius 3 is 2.76 bits per heavy atom. The molecule has 1 aliphatic heterocycles. The van der Waals surface area contributed by atoms with Gasteiger partial charge in [0, 0.05) is 19.8 Å². The SMILES string of the molecule is Cc1ccc2c(c1)CCCN2S(=O)(=O)c1cn(C)nc1N. The highest BCUT2D eigenvalue weighted by Crippen LogP contribution is 2.33. The molecule has 0 fully saturated rings. The molecule has 1 aromatic carbocycles. The van der Waals surface area contributed by atoms with Gasteiger partial charge >= 0.3 is 0 Å². The van der Waals surface area contributed by atoms with E-state index >= 15 is 0 Å². The van der Waals surface area contributed by atoms with Crippen molar-refractivity contribution < 1.29 is 8.42 Å². The lowest BCUT2D eigenvalue weighted by Crippen LogP contribution is -2.35. The number of sulfonamides is 1. The normalized spacial score (nSPS) is 15.0. The molecule has 0 atom stereocenters. The fraction of sp³-hybridized carbons (Fsp3) is 0.357. The summed E-state index contributed by atoms with van der Waals surface area (Å²) in [5.41, 5.74) is 8.68. The van der Waals surface area contributed by atoms with Crippen molar-refractivity contribution in [3.05, 3.63) is 35.5 Å². The highest BCUT2D eigenvalue weighted by Gasteiger charge is 2.31. The van der Waals surface area contributed by atoms with E-state index in [4.69, 9.17) is 5.73 Å². The number of anilines is 2. The zero-order valence-corrected chi connectivity index (χ0v) is 12.9. The number of nitrogens with two attached hydrogens (primary N) is 1. The molecule has 0 radical (unpaired) electrons. The summed E-state index contributed by atoms with van der Waals surface area (Å²) in [7, 11) is -2.02. The zero-order valence-electron chi connectivity index (χ0n) is 12.1. The molecule has 0 unspecified atom stereocenters. The van der Waals surface area contributed by atoms with Gasteiger partial charge in [0.05, 0.1) is 5.69 Å². The summed E-state index contributed by atoms with van der Waals surface area (Å²) in [5, 5.41) is 3.93. The third-order valence-electron chi connectivity index (χ3n) is 3.70. The van der Waals surface area contributed by atoms with Gasteiger partial charge in [0.1, 0.15) is 4.90 Å². The topological polar surface area (TPSA) is 81.2 Å². The first kappa shape index (κ1) is 13.9. The summed E-state index contributed by atoms with van der Waals surface area (Å²) in [5.74, 6) is 0.0386. The molecule has 2 aromatic rings. The van der Waals surface area contributed by atoms with Crippen LogP contribution in [0.5, 0.6) is 0 Å². The van der Waals surface area contributed by atoms with Gasteiger partial charge in [-0.15, -0.1) is 0 Å². The molecule has 2 heterocycles. The van der Waals surface area contributed by atoms with E-state index < -0.39 is 10.0 Å². The van der Waals surface area contributed by atoms with Gasteiger partial charge in [-0.25, -0.2) is 8.42 Å². The van der Waals surface area contributed by atoms with Crippen molar-refractivity contribution in [3.63, 3.8) is 0 Å². The van der Waals surface area contributed by atoms with Crippen LogP contribution in [0.1, 0.15) is 17.5 Å². The number of aromatic nitrogens is 2. The van der Waals surface area contributed by atoms with Crippen molar-refractivity contribution in [3.8, 4) is 0 Å². The van der Waals surface area contributed by atoms with Gasteiger partial charge in [-0.1, -0.05) is 17.7 Å². The highest BCUT2D eigenvalue weighted by molar-refractivity contribution is 7.93. The fourth-order valence-corrected chi connectivity index (χ4v) is 4.38. The van der Waals surface area contributed by atoms with Crippen molar-refractivity contribution >= 4 is 21.5 Å². The van der Waals surface area contributed by atoms with E-state index in [-0.39, 0.29) is 10.7 Å². The van der Waals surface area contributed by atoms with Gasteiger partial charge in [0.2, 0.25) is 0 Å². The minimum absolute atomic E-state index is 0.0386. The molecule has 7 heteroatoms. The Balaban J connectivity index is 2.12. The third-order valence-corrected chi connectivity index (χ3v) is 5.53. The van der Waals surface area contributed by atoms with Gasteiger partial charge < -0.3 is 5.73 Å². The van der Waals surface area contributed by atoms with Crippen molar-refractivity contribution in [2.24, 2.45) is 7.05 Å². The van der Waals surface area contributed by atoms with E-state index in [9.17, 15) is 8.42 Å². The Morgan fingerprint density at radius 1 is 1.33 bits per heavy atom. The van der Waals surface area contributed by atoms with Crippen LogP contribution < -0.4 is 10.0 Å². The maximum Gasteiger partial charge on any atom is 0.269 e. The van der Waals surface area contributed by atoms with Crippen molar-refractivity contribution in [1.82, 2.24) is 9.78 Å². The average molecular weight is 306 g/mol. The fourth-order valence-electron chi connectivity index (χ4n) is 2.74. The monoisotopic (exact) mass is 306 g/mol. The lowest BCUT2D eigenvalue weighted by Gasteiger charge is -2.30. The lowest BCUT2D eigenvalue weighted by molar-refractivity contribution is 0.586. The molecule has 21 heavy (non-hydrogen) atoms. The van der Waals surface area contributed by atoms with Gasteiger partial charge in [-0.3, -0.25) is 8.99 Å². The quantitative estimate of drug-likeness (QED) is 0.910. The first-order valence-corrected chi connectivity index (χ1v) is 8.25. The molecular formula is C14H18N4O2S. The minimum Gasteiger partial charge on any atom is -0.381 e. The smallest absolute Gasteiger partial charge is 0.269 e. The third kappa shape index (κ3) is 2.27. The Labute approximate surface area is 124 Å². The molecule has 0 saturated heterocycles. The zero-order chi connectivity index (χ0) is 15.2. The summed E-state index contributed by atoms with van der Waals surface area (Å²) in [6, 6.07) is 5.84. The number of nitrogen functional groups attached to an aromatic ring is 1. The first-order valence-electron chi connectivity index (χ1n) is 6.81. The maximum atomic E-state index is 12.9. The molecule has 1 aromatic heterocycles. The van der Waals surface area contributed by atoms with Gasteiger partial charge in [0.25, 0.3) is 10.0 Å². The van der Waals surface area contributed by atoms with Gasteiger partial charge in [0.15, 0.2) is 5.82 Å². The van der Waals surface area contributed by atoms with Gasteiger partial charge in [-0.05, 0) is 31.4 Å². The van der Waals surface area contributed by atoms with Crippen LogP contribution >= 0.6 is 0 Å². The molecule has 0 amide bonds. The number of hydrogen-bond donors (Lipinski definition) is 1. The first-order chi connectivity index (χ1) is 9.89. The average Bonchev–Trinajstić information content (AvgIpc) is 2.77. The van der Waals surface area contributed by atoms with Crippen molar-refractivity contribution in [2.45, 2.75) is 24.7 Å². The van der Waals surface area contributed by atoms with E-state index in [1.54, 1.807) is 7.05 Å². The summed E-state index contributed by atoms with van der Waals surface area (Å²) in [4.78, 5) is 0.0680. The molecule has 0 bridgehead atoms. The second kappa shape index (κ2) is 4.77. The Kier molecular flexibility index (Phi) is 3.16. The summed E-state index contributed by atoms with van der Waals surface area (Å²) in [6.07, 6.45) is 3.15. The molecule has 1 aliphatic rings. The molecule has 112 valence electrons. The largest absolute Gasteiger partial charge is 0.381 e. The molecule has 2 N–H and O–H groups in total. The van der Waals surface area contributed by atoms with E-state index in [0.29, 0.717) is 6.54 Å². The van der Waals surface area contributed by atoms with Gasteiger partial charge in [-0.2, -0.15) is 5.10 Å². The molecule has 0 spiro atoms. The Morgan fingerprint density at radius 2 is 2.10 bits per heavy atom. The van der Waals surface area contributed by atoms with Crippen LogP contribution in [-0.2, 0) is 23.5 Å². The van der Waals surface area contributed by atoms with Crippen LogP contribution in [0.2, 0.25) is 0 Å². The van der Waals surface area contributed by atoms with Crippen molar-refractivity contribution in [2.75, 3.05) is 16.6 Å². The van der Waals surface area contributed by atoms with E-state index in [1.807, 2.05) is 25.1 Å². The Hall–Kier alpha value is -2.02. The Bertz CT molecular complexity index is 795. The second-order valence-electron chi connectivity index (χ2n) is 5.37. The predicted octanol–water partition coefficient (Wildman–Crippen LogP) is 1.45. The number of rotatable bonds is 2. The summed E-state index contributed by atoms with van der Waals surface area (Å²) >= 11 is 0. The predicted molar refractivity (Wildman–Crippen MR) is 81.7 cm³/mol. The number of nitrogens with zero attached hydrogens (tertiary/aromatic N) is 3. The summed E-state index contributed by atoms with van der Waals surface area (Å²) < 4.78 is 28.6. The standard InChI is InChI=1S/C14H18N4O2S/c1-10-5-6-12-11(8-10)4-3-7-18(12)21(19,20)13-9-17(2)16-14(13)15/h5-6,8-9H,3-4,7H2,1-2H3,(H2,15,16). The molecule has 3 rings (SSSR count). The van der Waals surface area contributed by atoms with Crippen LogP contribution in [0.4, 0.5) is 11.5 Å². The second-order valence-corrected chi connectivity index (χ2v) is 7.20. The van der Waals surface area contributed by atoms with Crippen LogP contribution in [0.25, 0.3) is 0 Å². The number of aryl methyl sites for hydroxylation is 3. The van der Waals surface area contributed by atoms with Crippen LogP contribution in [-0.4, -0.2) is 24.7 Å². The number of fused-ring (bicyclic) bond motifs is 1. The molecule has 0 aliphatic carbocycles. The molecule has 6 nitrogen and oxygen atoms in total. The van der Waals surface area contributed by atoms with E-state index in [1.165, 1.54) is 15.2 Å². The summed E-state index contributed by atoms with van der Waals surface area (Å²) in [6.45, 7) is 2.47. The number of hydrogen-bond acceptors (Lipinski definition) is 4.